The monoisotopic (exact) mass is 678 g/mol. The van der Waals surface area contributed by atoms with Crippen LogP contribution in [0.25, 0.3) is 0 Å². The van der Waals surface area contributed by atoms with Crippen LogP contribution < -0.4 is 34.2 Å². The van der Waals surface area contributed by atoms with Gasteiger partial charge in [0.2, 0.25) is 11.7 Å². The highest BCUT2D eigenvalue weighted by Crippen LogP contribution is 2.41. The van der Waals surface area contributed by atoms with Crippen LogP contribution in [0.4, 0.5) is 0 Å². The van der Waals surface area contributed by atoms with E-state index in [1.54, 1.807) is 45.5 Å². The second kappa shape index (κ2) is 18.2. The topological polar surface area (TPSA) is 128 Å². The van der Waals surface area contributed by atoms with Gasteiger partial charge >= 0.3 is 5.97 Å². The molecule has 49 heavy (non-hydrogen) atoms. The molecule has 0 aromatic heterocycles. The molecule has 0 spiro atoms. The Labute approximate surface area is 289 Å². The molecule has 3 aromatic carbocycles. The van der Waals surface area contributed by atoms with Gasteiger partial charge in [-0.1, -0.05) is 25.1 Å². The molecule has 0 bridgehead atoms. The Balaban J connectivity index is 1.61. The Morgan fingerprint density at radius 2 is 1.55 bits per heavy atom. The van der Waals surface area contributed by atoms with Crippen LogP contribution in [0.5, 0.6) is 34.5 Å². The Morgan fingerprint density at radius 3 is 2.18 bits per heavy atom. The number of carbonyl (C=O) groups is 2. The van der Waals surface area contributed by atoms with Crippen molar-refractivity contribution in [1.82, 2.24) is 4.90 Å². The number of ether oxygens (including phenoxy) is 7. The summed E-state index contributed by atoms with van der Waals surface area (Å²) in [4.78, 5) is 30.1. The molecule has 11 nitrogen and oxygen atoms in total. The number of piperidine rings is 1. The maximum atomic E-state index is 14.3. The Kier molecular flexibility index (Phi) is 13.8. The van der Waals surface area contributed by atoms with Crippen molar-refractivity contribution in [3.05, 3.63) is 71.3 Å². The third-order valence-corrected chi connectivity index (χ3v) is 8.87. The highest BCUT2D eigenvalue weighted by molar-refractivity contribution is 5.89. The van der Waals surface area contributed by atoms with E-state index in [1.165, 1.54) is 7.11 Å². The van der Waals surface area contributed by atoms with Gasteiger partial charge in [-0.15, -0.1) is 0 Å². The summed E-state index contributed by atoms with van der Waals surface area (Å²) in [5, 5.41) is 0. The van der Waals surface area contributed by atoms with E-state index < -0.39 is 24.0 Å². The van der Waals surface area contributed by atoms with E-state index in [0.717, 1.165) is 29.5 Å². The number of carbonyl (C=O) groups excluding carboxylic acids is 2. The highest BCUT2D eigenvalue weighted by atomic mass is 16.5. The van der Waals surface area contributed by atoms with Crippen LogP contribution in [0.15, 0.2) is 54.6 Å². The molecule has 0 radical (unpaired) electrons. The Hall–Kier alpha value is -4.64. The first-order valence-electron chi connectivity index (χ1n) is 16.8. The number of aryl methyl sites for hydroxylation is 1. The van der Waals surface area contributed by atoms with Crippen molar-refractivity contribution in [3.63, 3.8) is 0 Å². The minimum atomic E-state index is -0.724. The summed E-state index contributed by atoms with van der Waals surface area (Å²) in [5.74, 6) is 2.18. The number of esters is 1. The number of amides is 1. The van der Waals surface area contributed by atoms with E-state index in [-0.39, 0.29) is 5.91 Å². The molecule has 1 saturated heterocycles. The standard InChI is InChI=1S/C38H50N2O9/c1-7-29(27-23-34(45-4)36(47-6)35(24-27)46-5)37(41)40-19-9-8-13-30(40)38(42)49-31(26-11-10-12-28(22-26)48-20-18-39)16-14-25-15-17-32(43-2)33(21-25)44-3/h10-12,15,17,21-24,29-31H,7-9,13-14,16,18-20,39H2,1-6H3. The van der Waals surface area contributed by atoms with Crippen LogP contribution >= 0.6 is 0 Å². The van der Waals surface area contributed by atoms with E-state index >= 15 is 0 Å². The summed E-state index contributed by atoms with van der Waals surface area (Å²) in [6.07, 6.45) is 3.12. The first kappa shape index (κ1) is 37.2. The van der Waals surface area contributed by atoms with Crippen molar-refractivity contribution in [2.75, 3.05) is 55.2 Å². The molecule has 1 aliphatic rings. The van der Waals surface area contributed by atoms with Gasteiger partial charge in [0.15, 0.2) is 23.0 Å². The molecule has 266 valence electrons. The van der Waals surface area contributed by atoms with Crippen LogP contribution in [0.1, 0.15) is 67.7 Å². The summed E-state index contributed by atoms with van der Waals surface area (Å²) in [6.45, 7) is 3.15. The lowest BCUT2D eigenvalue weighted by Gasteiger charge is -2.37. The van der Waals surface area contributed by atoms with Crippen molar-refractivity contribution in [3.8, 4) is 34.5 Å². The second-order valence-electron chi connectivity index (χ2n) is 11.8. The van der Waals surface area contributed by atoms with Crippen molar-refractivity contribution in [1.29, 1.82) is 0 Å². The summed E-state index contributed by atoms with van der Waals surface area (Å²) in [5.41, 5.74) is 8.18. The van der Waals surface area contributed by atoms with Gasteiger partial charge in [0, 0.05) is 13.1 Å². The van der Waals surface area contributed by atoms with Gasteiger partial charge in [-0.05, 0) is 91.6 Å². The molecule has 2 N–H and O–H groups in total. The number of methoxy groups -OCH3 is 5. The van der Waals surface area contributed by atoms with Crippen LogP contribution in [0.2, 0.25) is 0 Å². The van der Waals surface area contributed by atoms with E-state index in [9.17, 15) is 9.59 Å². The summed E-state index contributed by atoms with van der Waals surface area (Å²) in [6, 6.07) is 16.2. The smallest absolute Gasteiger partial charge is 0.329 e. The lowest BCUT2D eigenvalue weighted by molar-refractivity contribution is -0.162. The highest BCUT2D eigenvalue weighted by Gasteiger charge is 2.38. The van der Waals surface area contributed by atoms with E-state index in [2.05, 4.69) is 0 Å². The maximum absolute atomic E-state index is 14.3. The van der Waals surface area contributed by atoms with Crippen molar-refractivity contribution in [2.45, 2.75) is 63.5 Å². The SMILES string of the molecule is CCC(C(=O)N1CCCCC1C(=O)OC(CCc1ccc(OC)c(OC)c1)c1cccc(OCCN)c1)c1cc(OC)c(OC)c(OC)c1. The van der Waals surface area contributed by atoms with Crippen molar-refractivity contribution in [2.24, 2.45) is 5.73 Å². The lowest BCUT2D eigenvalue weighted by Crippen LogP contribution is -2.50. The molecule has 3 unspecified atom stereocenters. The summed E-state index contributed by atoms with van der Waals surface area (Å²) in [7, 11) is 7.82. The predicted octanol–water partition coefficient (Wildman–Crippen LogP) is 5.86. The van der Waals surface area contributed by atoms with Gasteiger partial charge in [0.05, 0.1) is 41.5 Å². The van der Waals surface area contributed by atoms with Gasteiger partial charge in [-0.3, -0.25) is 4.79 Å². The average molecular weight is 679 g/mol. The number of benzene rings is 3. The average Bonchev–Trinajstić information content (AvgIpc) is 3.15. The fraction of sp³-hybridized carbons (Fsp3) is 0.474. The fourth-order valence-electron chi connectivity index (χ4n) is 6.32. The zero-order chi connectivity index (χ0) is 35.3. The first-order valence-corrected chi connectivity index (χ1v) is 16.8. The quantitative estimate of drug-likeness (QED) is 0.174. The van der Waals surface area contributed by atoms with Gasteiger partial charge in [0.1, 0.15) is 24.5 Å². The van der Waals surface area contributed by atoms with Crippen LogP contribution in [-0.2, 0) is 20.7 Å². The third kappa shape index (κ3) is 9.08. The molecule has 1 heterocycles. The molecule has 4 rings (SSSR count). The number of nitrogens with two attached hydrogens (primary N) is 1. The van der Waals surface area contributed by atoms with E-state index in [1.807, 2.05) is 49.4 Å². The maximum Gasteiger partial charge on any atom is 0.329 e. The molecule has 0 saturated carbocycles. The third-order valence-electron chi connectivity index (χ3n) is 8.87. The Bertz CT molecular complexity index is 1520. The molecule has 3 aromatic rings. The second-order valence-corrected chi connectivity index (χ2v) is 11.8. The Morgan fingerprint density at radius 1 is 0.837 bits per heavy atom. The molecule has 11 heteroatoms. The summed E-state index contributed by atoms with van der Waals surface area (Å²) >= 11 is 0. The zero-order valence-electron chi connectivity index (χ0n) is 29.5. The van der Waals surface area contributed by atoms with Gasteiger partial charge in [0.25, 0.3) is 0 Å². The molecular formula is C38H50N2O9. The van der Waals surface area contributed by atoms with Crippen molar-refractivity contribution < 1.29 is 42.7 Å². The van der Waals surface area contributed by atoms with Gasteiger partial charge < -0.3 is 43.8 Å². The number of rotatable bonds is 17. The summed E-state index contributed by atoms with van der Waals surface area (Å²) < 4.78 is 39.6. The van der Waals surface area contributed by atoms with Gasteiger partial charge in [-0.25, -0.2) is 4.79 Å². The fourth-order valence-corrected chi connectivity index (χ4v) is 6.32. The van der Waals surface area contributed by atoms with Crippen LogP contribution in [-0.4, -0.2) is 78.1 Å². The van der Waals surface area contributed by atoms with Crippen LogP contribution in [0.3, 0.4) is 0 Å². The normalized spacial score (nSPS) is 15.5. The number of hydrogen-bond acceptors (Lipinski definition) is 10. The zero-order valence-corrected chi connectivity index (χ0v) is 29.5. The van der Waals surface area contributed by atoms with E-state index in [4.69, 9.17) is 38.9 Å². The molecule has 1 fully saturated rings. The predicted molar refractivity (Wildman–Crippen MR) is 186 cm³/mol. The lowest BCUT2D eigenvalue weighted by atomic mass is 9.91. The van der Waals surface area contributed by atoms with Gasteiger partial charge in [-0.2, -0.15) is 0 Å². The minimum absolute atomic E-state index is 0.141. The van der Waals surface area contributed by atoms with Crippen LogP contribution in [0, 0.1) is 0 Å². The molecule has 1 aliphatic heterocycles. The van der Waals surface area contributed by atoms with Crippen molar-refractivity contribution >= 4 is 11.9 Å². The molecular weight excluding hydrogens is 628 g/mol. The number of nitrogens with zero attached hydrogens (tertiary/aromatic N) is 1. The minimum Gasteiger partial charge on any atom is -0.493 e. The molecule has 3 atom stereocenters. The number of hydrogen-bond donors (Lipinski definition) is 1. The molecule has 1 amide bonds. The van der Waals surface area contributed by atoms with E-state index in [0.29, 0.717) is 79.9 Å². The largest absolute Gasteiger partial charge is 0.493 e. The molecule has 0 aliphatic carbocycles. The number of likely N-dealkylation sites (tertiary alicyclic amines) is 1. The first-order chi connectivity index (χ1) is 23.8.